The number of Topliss-reactive ketones (excluding diaryl/α,β-unsaturated/α-hetero) is 1. The highest BCUT2D eigenvalue weighted by Crippen LogP contribution is 2.08. The number of carbonyl (C=O) groups is 1. The smallest absolute Gasteiger partial charge is 0.132 e. The average molecular weight is 206 g/mol. The van der Waals surface area contributed by atoms with Crippen molar-refractivity contribution in [2.45, 2.75) is 39.0 Å². The number of hydrogen-bond donors (Lipinski definition) is 1. The summed E-state index contributed by atoms with van der Waals surface area (Å²) < 4.78 is 0. The molecule has 3 heteroatoms. The molecule has 1 heterocycles. The van der Waals surface area contributed by atoms with Crippen LogP contribution in [0.15, 0.2) is 18.3 Å². The van der Waals surface area contributed by atoms with Crippen molar-refractivity contribution in [3.8, 4) is 0 Å². The fourth-order valence-corrected chi connectivity index (χ4v) is 1.54. The fourth-order valence-electron chi connectivity index (χ4n) is 1.54. The summed E-state index contributed by atoms with van der Waals surface area (Å²) in [6.45, 7) is 2.03. The van der Waals surface area contributed by atoms with Crippen LogP contribution in [0, 0.1) is 0 Å². The molecule has 15 heavy (non-hydrogen) atoms. The maximum absolute atomic E-state index is 11.3. The third-order valence-electron chi connectivity index (χ3n) is 2.30. The maximum Gasteiger partial charge on any atom is 0.132 e. The third kappa shape index (κ3) is 4.58. The summed E-state index contributed by atoms with van der Waals surface area (Å²) >= 11 is 0. The van der Waals surface area contributed by atoms with Crippen LogP contribution < -0.4 is 5.73 Å². The van der Waals surface area contributed by atoms with Gasteiger partial charge in [0.05, 0.1) is 0 Å². The van der Waals surface area contributed by atoms with Gasteiger partial charge in [-0.3, -0.25) is 4.79 Å². The van der Waals surface area contributed by atoms with Crippen molar-refractivity contribution in [3.63, 3.8) is 0 Å². The van der Waals surface area contributed by atoms with Gasteiger partial charge in [0.2, 0.25) is 0 Å². The number of pyridine rings is 1. The molecule has 0 bridgehead atoms. The van der Waals surface area contributed by atoms with Crippen LogP contribution in [0.1, 0.15) is 38.2 Å². The van der Waals surface area contributed by atoms with Crippen molar-refractivity contribution in [3.05, 3.63) is 23.9 Å². The number of ketones is 1. The molecule has 3 nitrogen and oxygen atoms in total. The molecule has 0 saturated carbocycles. The van der Waals surface area contributed by atoms with Crippen molar-refractivity contribution < 1.29 is 4.79 Å². The number of aryl methyl sites for hydroxylation is 1. The highest BCUT2D eigenvalue weighted by Gasteiger charge is 2.00. The Morgan fingerprint density at radius 2 is 2.27 bits per heavy atom. The van der Waals surface area contributed by atoms with E-state index in [0.717, 1.165) is 24.8 Å². The van der Waals surface area contributed by atoms with Crippen molar-refractivity contribution in [2.24, 2.45) is 0 Å². The Kier molecular flexibility index (Phi) is 4.81. The molecular formula is C12H18N2O. The third-order valence-corrected chi connectivity index (χ3v) is 2.30. The summed E-state index contributed by atoms with van der Waals surface area (Å²) in [4.78, 5) is 15.2. The maximum atomic E-state index is 11.3. The van der Waals surface area contributed by atoms with Gasteiger partial charge in [-0.15, -0.1) is 0 Å². The fraction of sp³-hybridized carbons (Fsp3) is 0.500. The topological polar surface area (TPSA) is 56.0 Å². The quantitative estimate of drug-likeness (QED) is 0.777. The Balaban J connectivity index is 2.28. The molecule has 0 amide bonds. The SMILES string of the molecule is CCCC(=O)CCCc1ccnc(N)c1. The molecule has 1 rings (SSSR count). The van der Waals surface area contributed by atoms with E-state index < -0.39 is 0 Å². The summed E-state index contributed by atoms with van der Waals surface area (Å²) in [5.74, 6) is 0.909. The summed E-state index contributed by atoms with van der Waals surface area (Å²) in [7, 11) is 0. The second-order valence-corrected chi connectivity index (χ2v) is 3.73. The number of hydrogen-bond acceptors (Lipinski definition) is 3. The number of nitrogens with two attached hydrogens (primary N) is 1. The van der Waals surface area contributed by atoms with Crippen LogP contribution in [-0.2, 0) is 11.2 Å². The van der Waals surface area contributed by atoms with Gasteiger partial charge in [-0.25, -0.2) is 4.98 Å². The first-order chi connectivity index (χ1) is 7.22. The normalized spacial score (nSPS) is 10.2. The van der Waals surface area contributed by atoms with E-state index in [0.29, 0.717) is 24.4 Å². The van der Waals surface area contributed by atoms with E-state index >= 15 is 0 Å². The molecule has 0 aromatic carbocycles. The van der Waals surface area contributed by atoms with Gasteiger partial charge in [0.1, 0.15) is 11.6 Å². The Morgan fingerprint density at radius 3 is 2.93 bits per heavy atom. The molecule has 0 unspecified atom stereocenters. The molecule has 0 radical (unpaired) electrons. The largest absolute Gasteiger partial charge is 0.384 e. The minimum Gasteiger partial charge on any atom is -0.384 e. The van der Waals surface area contributed by atoms with Crippen LogP contribution in [-0.4, -0.2) is 10.8 Å². The van der Waals surface area contributed by atoms with Gasteiger partial charge >= 0.3 is 0 Å². The number of rotatable bonds is 6. The van der Waals surface area contributed by atoms with E-state index in [4.69, 9.17) is 5.73 Å². The van der Waals surface area contributed by atoms with E-state index in [1.165, 1.54) is 0 Å². The molecule has 82 valence electrons. The van der Waals surface area contributed by atoms with Gasteiger partial charge in [0.25, 0.3) is 0 Å². The van der Waals surface area contributed by atoms with Crippen molar-refractivity contribution in [1.29, 1.82) is 0 Å². The predicted octanol–water partition coefficient (Wildman–Crippen LogP) is 2.36. The van der Waals surface area contributed by atoms with Crippen LogP contribution in [0.5, 0.6) is 0 Å². The Hall–Kier alpha value is -1.38. The lowest BCUT2D eigenvalue weighted by molar-refractivity contribution is -0.119. The summed E-state index contributed by atoms with van der Waals surface area (Å²) in [5, 5.41) is 0. The number of aromatic nitrogens is 1. The van der Waals surface area contributed by atoms with Gasteiger partial charge in [-0.2, -0.15) is 0 Å². The molecule has 0 saturated heterocycles. The first-order valence-electron chi connectivity index (χ1n) is 5.44. The highest BCUT2D eigenvalue weighted by molar-refractivity contribution is 5.78. The second kappa shape index (κ2) is 6.17. The standard InChI is InChI=1S/C12H18N2O/c1-2-4-11(15)6-3-5-10-7-8-14-12(13)9-10/h7-9H,2-6H2,1H3,(H2,13,14). The lowest BCUT2D eigenvalue weighted by atomic mass is 10.1. The van der Waals surface area contributed by atoms with Crippen molar-refractivity contribution in [1.82, 2.24) is 4.98 Å². The van der Waals surface area contributed by atoms with Gasteiger partial charge in [-0.05, 0) is 37.0 Å². The van der Waals surface area contributed by atoms with Crippen LogP contribution >= 0.6 is 0 Å². The van der Waals surface area contributed by atoms with Gasteiger partial charge in [0.15, 0.2) is 0 Å². The Bertz CT molecular complexity index is 323. The molecular weight excluding hydrogens is 188 g/mol. The van der Waals surface area contributed by atoms with Gasteiger partial charge < -0.3 is 5.73 Å². The predicted molar refractivity (Wildman–Crippen MR) is 61.5 cm³/mol. The summed E-state index contributed by atoms with van der Waals surface area (Å²) in [6.07, 6.45) is 5.85. The van der Waals surface area contributed by atoms with Crippen LogP contribution in [0.25, 0.3) is 0 Å². The lowest BCUT2D eigenvalue weighted by Crippen LogP contribution is -1.98. The van der Waals surface area contributed by atoms with E-state index in [1.54, 1.807) is 6.20 Å². The molecule has 0 spiro atoms. The molecule has 0 aliphatic carbocycles. The zero-order valence-electron chi connectivity index (χ0n) is 9.20. The summed E-state index contributed by atoms with van der Waals surface area (Å²) in [6, 6.07) is 3.81. The van der Waals surface area contributed by atoms with E-state index in [2.05, 4.69) is 4.98 Å². The number of anilines is 1. The lowest BCUT2D eigenvalue weighted by Gasteiger charge is -2.01. The zero-order chi connectivity index (χ0) is 11.1. The second-order valence-electron chi connectivity index (χ2n) is 3.73. The molecule has 0 atom stereocenters. The van der Waals surface area contributed by atoms with Gasteiger partial charge in [0, 0.05) is 19.0 Å². The van der Waals surface area contributed by atoms with Crippen molar-refractivity contribution >= 4 is 11.6 Å². The van der Waals surface area contributed by atoms with E-state index in [-0.39, 0.29) is 0 Å². The molecule has 2 N–H and O–H groups in total. The van der Waals surface area contributed by atoms with E-state index in [1.807, 2.05) is 19.1 Å². The molecule has 0 aliphatic heterocycles. The zero-order valence-corrected chi connectivity index (χ0v) is 9.20. The van der Waals surface area contributed by atoms with Gasteiger partial charge in [-0.1, -0.05) is 6.92 Å². The molecule has 1 aromatic heterocycles. The molecule has 0 aliphatic rings. The summed E-state index contributed by atoms with van der Waals surface area (Å²) in [5.41, 5.74) is 6.72. The first-order valence-corrected chi connectivity index (χ1v) is 5.44. The van der Waals surface area contributed by atoms with E-state index in [9.17, 15) is 4.79 Å². The average Bonchev–Trinajstić information content (AvgIpc) is 2.18. The molecule has 0 fully saturated rings. The highest BCUT2D eigenvalue weighted by atomic mass is 16.1. The van der Waals surface area contributed by atoms with Crippen LogP contribution in [0.3, 0.4) is 0 Å². The minimum atomic E-state index is 0.361. The first kappa shape index (κ1) is 11.7. The van der Waals surface area contributed by atoms with Crippen molar-refractivity contribution in [2.75, 3.05) is 5.73 Å². The number of carbonyl (C=O) groups excluding carboxylic acids is 1. The number of nitrogens with zero attached hydrogens (tertiary/aromatic N) is 1. The minimum absolute atomic E-state index is 0.361. The number of nitrogen functional groups attached to an aromatic ring is 1. The molecule has 1 aromatic rings. The van der Waals surface area contributed by atoms with Crippen LogP contribution in [0.2, 0.25) is 0 Å². The monoisotopic (exact) mass is 206 g/mol. The Morgan fingerprint density at radius 1 is 1.47 bits per heavy atom. The Labute approximate surface area is 90.7 Å². The van der Waals surface area contributed by atoms with Crippen LogP contribution in [0.4, 0.5) is 5.82 Å².